The van der Waals surface area contributed by atoms with Gasteiger partial charge in [0.2, 0.25) is 0 Å². The zero-order chi connectivity index (χ0) is 21.4. The molecule has 1 saturated heterocycles. The van der Waals surface area contributed by atoms with E-state index in [1.165, 1.54) is 10.6 Å². The van der Waals surface area contributed by atoms with Crippen molar-refractivity contribution in [3.05, 3.63) is 82.5 Å². The molecule has 2 aromatic carbocycles. The van der Waals surface area contributed by atoms with Gasteiger partial charge in [-0.25, -0.2) is 18.9 Å². The molecule has 2 aromatic heterocycles. The maximum atomic E-state index is 14.2. The van der Waals surface area contributed by atoms with Gasteiger partial charge in [0.1, 0.15) is 17.2 Å². The minimum atomic E-state index is -0.474. The molecule has 0 unspecified atom stereocenters. The average Bonchev–Trinajstić information content (AvgIpc) is 3.38. The van der Waals surface area contributed by atoms with Crippen LogP contribution in [0.25, 0.3) is 16.7 Å². The van der Waals surface area contributed by atoms with E-state index in [9.17, 15) is 14.0 Å². The molecule has 0 aliphatic carbocycles. The average molecular weight is 420 g/mol. The molecule has 0 bridgehead atoms. The lowest BCUT2D eigenvalue weighted by Gasteiger charge is -2.31. The molecule has 1 amide bonds. The number of carbonyl (C=O) groups excluding carboxylic acids is 1. The highest BCUT2D eigenvalue weighted by atomic mass is 19.1. The molecule has 0 spiro atoms. The number of hydrogen-bond acceptors (Lipinski definition) is 4. The minimum Gasteiger partial charge on any atom is -0.451 e. The highest BCUT2D eigenvalue weighted by Gasteiger charge is 2.27. The molecular weight excluding hydrogens is 399 g/mol. The van der Waals surface area contributed by atoms with Crippen LogP contribution in [-0.2, 0) is 6.42 Å². The first kappa shape index (κ1) is 19.3. The van der Waals surface area contributed by atoms with Gasteiger partial charge in [0.15, 0.2) is 5.76 Å². The number of nitrogens with one attached hydrogen (secondary N) is 1. The van der Waals surface area contributed by atoms with E-state index in [1.807, 2.05) is 24.3 Å². The van der Waals surface area contributed by atoms with E-state index < -0.39 is 11.5 Å². The summed E-state index contributed by atoms with van der Waals surface area (Å²) in [5.74, 6) is 0.495. The first-order chi connectivity index (χ1) is 15.1. The number of carbonyl (C=O) groups is 1. The highest BCUT2D eigenvalue weighted by molar-refractivity contribution is 5.96. The van der Waals surface area contributed by atoms with Crippen molar-refractivity contribution in [1.82, 2.24) is 19.7 Å². The van der Waals surface area contributed by atoms with Crippen LogP contribution in [0.2, 0.25) is 0 Å². The molecule has 0 saturated carbocycles. The van der Waals surface area contributed by atoms with Gasteiger partial charge in [0.25, 0.3) is 5.91 Å². The molecule has 7 nitrogen and oxygen atoms in total. The molecule has 158 valence electrons. The molecular formula is C23H21FN4O3. The second kappa shape index (κ2) is 7.86. The van der Waals surface area contributed by atoms with Crippen LogP contribution in [0.1, 0.15) is 29.2 Å². The van der Waals surface area contributed by atoms with Crippen molar-refractivity contribution >= 4 is 16.9 Å². The molecule has 1 aliphatic rings. The Morgan fingerprint density at radius 2 is 1.87 bits per heavy atom. The van der Waals surface area contributed by atoms with Crippen LogP contribution in [0, 0.1) is 11.7 Å². The van der Waals surface area contributed by atoms with Crippen LogP contribution in [-0.4, -0.2) is 38.7 Å². The van der Waals surface area contributed by atoms with E-state index in [0.717, 1.165) is 18.2 Å². The quantitative estimate of drug-likeness (QED) is 0.547. The summed E-state index contributed by atoms with van der Waals surface area (Å²) in [5, 5.41) is 7.45. The zero-order valence-corrected chi connectivity index (χ0v) is 16.8. The summed E-state index contributed by atoms with van der Waals surface area (Å²) in [4.78, 5) is 26.9. The normalized spacial score (nSPS) is 14.9. The van der Waals surface area contributed by atoms with E-state index in [4.69, 9.17) is 4.42 Å². The first-order valence-corrected chi connectivity index (χ1v) is 10.3. The van der Waals surface area contributed by atoms with E-state index in [2.05, 4.69) is 10.2 Å². The van der Waals surface area contributed by atoms with Gasteiger partial charge in [0.05, 0.1) is 5.69 Å². The van der Waals surface area contributed by atoms with Crippen LogP contribution in [0.4, 0.5) is 4.39 Å². The van der Waals surface area contributed by atoms with Gasteiger partial charge in [-0.1, -0.05) is 30.3 Å². The fourth-order valence-electron chi connectivity index (χ4n) is 4.19. The monoisotopic (exact) mass is 420 g/mol. The number of piperidine rings is 1. The Balaban J connectivity index is 1.27. The number of likely N-dealkylation sites (tertiary alicyclic amines) is 1. The number of hydrogen-bond donors (Lipinski definition) is 1. The van der Waals surface area contributed by atoms with Gasteiger partial charge in [-0.2, -0.15) is 5.10 Å². The molecule has 1 fully saturated rings. The van der Waals surface area contributed by atoms with Crippen molar-refractivity contribution in [2.75, 3.05) is 13.1 Å². The number of halogens is 1. The summed E-state index contributed by atoms with van der Waals surface area (Å²) in [6, 6.07) is 15.5. The fraction of sp³-hybridized carbons (Fsp3) is 0.261. The second-order valence-corrected chi connectivity index (χ2v) is 7.82. The third-order valence-electron chi connectivity index (χ3n) is 5.84. The maximum absolute atomic E-state index is 14.2. The summed E-state index contributed by atoms with van der Waals surface area (Å²) in [6.07, 6.45) is 2.06. The summed E-state index contributed by atoms with van der Waals surface area (Å²) in [5.41, 5.74) is 0.428. The Morgan fingerprint density at radius 3 is 2.65 bits per heavy atom. The number of para-hydroxylation sites is 2. The predicted molar refractivity (Wildman–Crippen MR) is 113 cm³/mol. The van der Waals surface area contributed by atoms with Crippen molar-refractivity contribution in [2.24, 2.45) is 5.92 Å². The van der Waals surface area contributed by atoms with Crippen molar-refractivity contribution < 1.29 is 13.6 Å². The zero-order valence-electron chi connectivity index (χ0n) is 16.8. The van der Waals surface area contributed by atoms with Crippen LogP contribution in [0.5, 0.6) is 0 Å². The van der Waals surface area contributed by atoms with Gasteiger partial charge < -0.3 is 9.32 Å². The standard InChI is InChI=1S/C23H21FN4O3/c24-17-6-2-3-7-18(17)28-21(25-26-23(28)30)13-15-9-11-27(12-10-15)22(29)20-14-16-5-1-4-8-19(16)31-20/h1-8,14-15H,9-13H2,(H,26,30). The first-order valence-electron chi connectivity index (χ1n) is 10.3. The summed E-state index contributed by atoms with van der Waals surface area (Å²) in [6.45, 7) is 1.18. The van der Waals surface area contributed by atoms with E-state index in [-0.39, 0.29) is 17.5 Å². The number of aromatic amines is 1. The Kier molecular flexibility index (Phi) is 4.89. The topological polar surface area (TPSA) is 84.1 Å². The number of benzene rings is 2. The molecule has 1 aliphatic heterocycles. The predicted octanol–water partition coefficient (Wildman–Crippen LogP) is 3.54. The second-order valence-electron chi connectivity index (χ2n) is 7.82. The number of furan rings is 1. The van der Waals surface area contributed by atoms with Crippen LogP contribution in [0.15, 0.2) is 63.8 Å². The molecule has 5 rings (SSSR count). The lowest BCUT2D eigenvalue weighted by Crippen LogP contribution is -2.39. The molecule has 0 atom stereocenters. The number of rotatable bonds is 4. The minimum absolute atomic E-state index is 0.113. The number of fused-ring (bicyclic) bond motifs is 1. The lowest BCUT2D eigenvalue weighted by atomic mass is 9.93. The molecule has 4 aromatic rings. The van der Waals surface area contributed by atoms with Crippen LogP contribution in [0.3, 0.4) is 0 Å². The van der Waals surface area contributed by atoms with Gasteiger partial charge in [-0.05, 0) is 43.0 Å². The van der Waals surface area contributed by atoms with Gasteiger partial charge in [-0.3, -0.25) is 4.79 Å². The number of aromatic nitrogens is 3. The van der Waals surface area contributed by atoms with Crippen molar-refractivity contribution in [3.63, 3.8) is 0 Å². The number of amides is 1. The molecule has 1 N–H and O–H groups in total. The van der Waals surface area contributed by atoms with E-state index in [1.54, 1.807) is 29.2 Å². The Labute approximate surface area is 177 Å². The van der Waals surface area contributed by atoms with Gasteiger partial charge in [0, 0.05) is 24.9 Å². The van der Waals surface area contributed by atoms with Crippen molar-refractivity contribution in [2.45, 2.75) is 19.3 Å². The molecule has 8 heteroatoms. The van der Waals surface area contributed by atoms with Crippen molar-refractivity contribution in [3.8, 4) is 5.69 Å². The van der Waals surface area contributed by atoms with E-state index >= 15 is 0 Å². The molecule has 3 heterocycles. The summed E-state index contributed by atoms with van der Waals surface area (Å²) < 4.78 is 21.2. The third kappa shape index (κ3) is 3.65. The van der Waals surface area contributed by atoms with Crippen LogP contribution >= 0.6 is 0 Å². The van der Waals surface area contributed by atoms with Crippen molar-refractivity contribution in [1.29, 1.82) is 0 Å². The van der Waals surface area contributed by atoms with Gasteiger partial charge >= 0.3 is 5.69 Å². The largest absolute Gasteiger partial charge is 0.451 e. The fourth-order valence-corrected chi connectivity index (χ4v) is 4.19. The smallest absolute Gasteiger partial charge is 0.348 e. The lowest BCUT2D eigenvalue weighted by molar-refractivity contribution is 0.0660. The third-order valence-corrected chi connectivity index (χ3v) is 5.84. The Bertz CT molecular complexity index is 1260. The number of H-pyrrole nitrogens is 1. The summed E-state index contributed by atoms with van der Waals surface area (Å²) >= 11 is 0. The van der Waals surface area contributed by atoms with E-state index in [0.29, 0.717) is 36.7 Å². The molecule has 31 heavy (non-hydrogen) atoms. The maximum Gasteiger partial charge on any atom is 0.348 e. The number of nitrogens with zero attached hydrogens (tertiary/aromatic N) is 3. The molecule has 0 radical (unpaired) electrons. The summed E-state index contributed by atoms with van der Waals surface area (Å²) in [7, 11) is 0. The SMILES string of the molecule is O=C(c1cc2ccccc2o1)N1CCC(Cc2n[nH]c(=O)n2-c2ccccc2F)CC1. The Hall–Kier alpha value is -3.68. The Morgan fingerprint density at radius 1 is 1.13 bits per heavy atom. The van der Waals surface area contributed by atoms with Gasteiger partial charge in [-0.15, -0.1) is 0 Å². The highest BCUT2D eigenvalue weighted by Crippen LogP contribution is 2.25. The van der Waals surface area contributed by atoms with Crippen LogP contribution < -0.4 is 5.69 Å².